The van der Waals surface area contributed by atoms with Gasteiger partial charge in [-0.2, -0.15) is 0 Å². The molecule has 1 nitrogen and oxygen atoms in total. The fraction of sp³-hybridized carbons (Fsp3) is 1.00. The Morgan fingerprint density at radius 2 is 2.17 bits per heavy atom. The Morgan fingerprint density at radius 1 is 1.42 bits per heavy atom. The highest BCUT2D eigenvalue weighted by Gasteiger charge is 2.18. The molecule has 0 bridgehead atoms. The van der Waals surface area contributed by atoms with Gasteiger partial charge in [0, 0.05) is 6.04 Å². The molecule has 0 aromatic carbocycles. The average Bonchev–Trinajstić information content (AvgIpc) is 2.01. The van der Waals surface area contributed by atoms with Crippen LogP contribution in [0.15, 0.2) is 0 Å². The SMILES string of the molecule is CC1CCCC(NCC(F)F)C1. The molecule has 0 aromatic heterocycles. The number of halogens is 2. The van der Waals surface area contributed by atoms with Crippen molar-refractivity contribution in [1.82, 2.24) is 5.32 Å². The van der Waals surface area contributed by atoms with Gasteiger partial charge in [0.2, 0.25) is 0 Å². The summed E-state index contributed by atoms with van der Waals surface area (Å²) in [6.07, 6.45) is 2.36. The van der Waals surface area contributed by atoms with Crippen molar-refractivity contribution in [3.8, 4) is 0 Å². The third-order valence-corrected chi connectivity index (χ3v) is 2.50. The van der Waals surface area contributed by atoms with Gasteiger partial charge in [-0.15, -0.1) is 0 Å². The van der Waals surface area contributed by atoms with Crippen molar-refractivity contribution in [2.75, 3.05) is 6.54 Å². The molecule has 1 rings (SSSR count). The smallest absolute Gasteiger partial charge is 0.250 e. The van der Waals surface area contributed by atoms with Gasteiger partial charge in [-0.1, -0.05) is 19.8 Å². The molecule has 0 saturated heterocycles. The maximum atomic E-state index is 11.8. The van der Waals surface area contributed by atoms with E-state index in [4.69, 9.17) is 0 Å². The van der Waals surface area contributed by atoms with E-state index in [1.54, 1.807) is 0 Å². The highest BCUT2D eigenvalue weighted by atomic mass is 19.3. The van der Waals surface area contributed by atoms with Gasteiger partial charge < -0.3 is 5.32 Å². The first-order chi connectivity index (χ1) is 5.68. The Kier molecular flexibility index (Phi) is 3.92. The van der Waals surface area contributed by atoms with Crippen LogP contribution in [0.5, 0.6) is 0 Å². The molecule has 3 heteroatoms. The summed E-state index contributed by atoms with van der Waals surface area (Å²) < 4.78 is 23.6. The van der Waals surface area contributed by atoms with Gasteiger partial charge in [0.25, 0.3) is 6.43 Å². The van der Waals surface area contributed by atoms with Crippen LogP contribution in [0.3, 0.4) is 0 Å². The van der Waals surface area contributed by atoms with E-state index in [2.05, 4.69) is 12.2 Å². The predicted molar refractivity (Wildman–Crippen MR) is 45.4 cm³/mol. The molecule has 2 atom stereocenters. The second kappa shape index (κ2) is 4.75. The molecular weight excluding hydrogens is 160 g/mol. The Bertz CT molecular complexity index is 128. The monoisotopic (exact) mass is 177 g/mol. The van der Waals surface area contributed by atoms with Gasteiger partial charge in [-0.05, 0) is 18.8 Å². The predicted octanol–water partition coefficient (Wildman–Crippen LogP) is 2.42. The Balaban J connectivity index is 2.14. The van der Waals surface area contributed by atoms with E-state index in [1.807, 2.05) is 0 Å². The van der Waals surface area contributed by atoms with E-state index in [-0.39, 0.29) is 6.54 Å². The number of hydrogen-bond donors (Lipinski definition) is 1. The summed E-state index contributed by atoms with van der Waals surface area (Å²) in [5, 5.41) is 2.90. The van der Waals surface area contributed by atoms with E-state index < -0.39 is 6.43 Å². The first-order valence-electron chi connectivity index (χ1n) is 4.70. The van der Waals surface area contributed by atoms with Crippen LogP contribution < -0.4 is 5.32 Å². The zero-order valence-electron chi connectivity index (χ0n) is 7.52. The van der Waals surface area contributed by atoms with Gasteiger partial charge >= 0.3 is 0 Å². The van der Waals surface area contributed by atoms with Crippen LogP contribution in [0.1, 0.15) is 32.6 Å². The van der Waals surface area contributed by atoms with Crippen LogP contribution in [-0.2, 0) is 0 Å². The topological polar surface area (TPSA) is 12.0 Å². The highest BCUT2D eigenvalue weighted by molar-refractivity contribution is 4.75. The molecule has 0 spiro atoms. The molecule has 1 aliphatic carbocycles. The Labute approximate surface area is 72.5 Å². The first-order valence-corrected chi connectivity index (χ1v) is 4.70. The quantitative estimate of drug-likeness (QED) is 0.698. The zero-order valence-corrected chi connectivity index (χ0v) is 7.52. The third kappa shape index (κ3) is 3.48. The minimum absolute atomic E-state index is 0.141. The Morgan fingerprint density at radius 3 is 2.75 bits per heavy atom. The summed E-state index contributed by atoms with van der Waals surface area (Å²) in [5.41, 5.74) is 0. The van der Waals surface area contributed by atoms with Crippen molar-refractivity contribution in [3.63, 3.8) is 0 Å². The molecule has 0 radical (unpaired) electrons. The maximum absolute atomic E-state index is 11.8. The third-order valence-electron chi connectivity index (χ3n) is 2.50. The van der Waals surface area contributed by atoms with Crippen LogP contribution in [0.4, 0.5) is 8.78 Å². The molecular formula is C9H17F2N. The van der Waals surface area contributed by atoms with Crippen LogP contribution in [0.25, 0.3) is 0 Å². The fourth-order valence-electron chi connectivity index (χ4n) is 1.88. The lowest BCUT2D eigenvalue weighted by Crippen LogP contribution is -2.36. The molecule has 72 valence electrons. The van der Waals surface area contributed by atoms with Crippen LogP contribution >= 0.6 is 0 Å². The van der Waals surface area contributed by atoms with Gasteiger partial charge in [0.1, 0.15) is 0 Å². The molecule has 1 aliphatic rings. The maximum Gasteiger partial charge on any atom is 0.250 e. The standard InChI is InChI=1S/C9H17F2N/c1-7-3-2-4-8(5-7)12-6-9(10)11/h7-9,12H,2-6H2,1H3. The summed E-state index contributed by atoms with van der Waals surface area (Å²) in [5.74, 6) is 0.703. The summed E-state index contributed by atoms with van der Waals surface area (Å²) >= 11 is 0. The number of rotatable bonds is 3. The van der Waals surface area contributed by atoms with Crippen molar-refractivity contribution < 1.29 is 8.78 Å². The van der Waals surface area contributed by atoms with Gasteiger partial charge in [-0.25, -0.2) is 8.78 Å². The van der Waals surface area contributed by atoms with Crippen LogP contribution in [0, 0.1) is 5.92 Å². The number of hydrogen-bond acceptors (Lipinski definition) is 1. The van der Waals surface area contributed by atoms with Crippen molar-refractivity contribution in [3.05, 3.63) is 0 Å². The Hall–Kier alpha value is -0.180. The van der Waals surface area contributed by atoms with Crippen molar-refractivity contribution >= 4 is 0 Å². The lowest BCUT2D eigenvalue weighted by molar-refractivity contribution is 0.135. The van der Waals surface area contributed by atoms with Crippen molar-refractivity contribution in [2.45, 2.75) is 45.1 Å². The van der Waals surface area contributed by atoms with Gasteiger partial charge in [0.05, 0.1) is 6.54 Å². The first kappa shape index (κ1) is 9.90. The molecule has 0 amide bonds. The molecule has 12 heavy (non-hydrogen) atoms. The van der Waals surface area contributed by atoms with Crippen LogP contribution in [0.2, 0.25) is 0 Å². The summed E-state index contributed by atoms with van der Waals surface area (Å²) in [7, 11) is 0. The normalized spacial score (nSPS) is 31.0. The fourth-order valence-corrected chi connectivity index (χ4v) is 1.88. The zero-order chi connectivity index (χ0) is 8.97. The van der Waals surface area contributed by atoms with Gasteiger partial charge in [0.15, 0.2) is 0 Å². The van der Waals surface area contributed by atoms with Crippen molar-refractivity contribution in [2.24, 2.45) is 5.92 Å². The van der Waals surface area contributed by atoms with Crippen LogP contribution in [-0.4, -0.2) is 19.0 Å². The lowest BCUT2D eigenvalue weighted by Gasteiger charge is -2.27. The van der Waals surface area contributed by atoms with Gasteiger partial charge in [-0.3, -0.25) is 0 Å². The highest BCUT2D eigenvalue weighted by Crippen LogP contribution is 2.23. The second-order valence-electron chi connectivity index (χ2n) is 3.77. The molecule has 1 saturated carbocycles. The van der Waals surface area contributed by atoms with E-state index in [1.165, 1.54) is 12.8 Å². The largest absolute Gasteiger partial charge is 0.309 e. The number of nitrogens with one attached hydrogen (secondary N) is 1. The lowest BCUT2D eigenvalue weighted by atomic mass is 9.87. The molecule has 0 aromatic rings. The molecule has 1 fully saturated rings. The minimum atomic E-state index is -2.21. The second-order valence-corrected chi connectivity index (χ2v) is 3.77. The molecule has 2 unspecified atom stereocenters. The van der Waals surface area contributed by atoms with E-state index in [9.17, 15) is 8.78 Å². The minimum Gasteiger partial charge on any atom is -0.309 e. The molecule has 0 heterocycles. The van der Waals surface area contributed by atoms with E-state index in [0.717, 1.165) is 12.8 Å². The van der Waals surface area contributed by atoms with E-state index >= 15 is 0 Å². The summed E-state index contributed by atoms with van der Waals surface area (Å²) in [6.45, 7) is 2.05. The average molecular weight is 177 g/mol. The molecule has 1 N–H and O–H groups in total. The summed E-state index contributed by atoms with van der Waals surface area (Å²) in [6, 6.07) is 0.336. The van der Waals surface area contributed by atoms with E-state index in [0.29, 0.717) is 12.0 Å². The van der Waals surface area contributed by atoms with Crippen molar-refractivity contribution in [1.29, 1.82) is 0 Å². The summed E-state index contributed by atoms with van der Waals surface area (Å²) in [4.78, 5) is 0. The number of alkyl halides is 2. The molecule has 0 aliphatic heterocycles.